The Morgan fingerprint density at radius 2 is 0.404 bits per heavy atom. The molecule has 0 aliphatic carbocycles. The van der Waals surface area contributed by atoms with Gasteiger partial charge in [-0.15, -0.1) is 0 Å². The molecule has 0 aliphatic heterocycles. The van der Waals surface area contributed by atoms with Gasteiger partial charge in [-0.05, 0) is 97.8 Å². The Kier molecular flexibility index (Phi) is 12.4. The zero-order chi connectivity index (χ0) is 35.8. The van der Waals surface area contributed by atoms with Crippen LogP contribution in [0, 0.1) is 13.8 Å². The summed E-state index contributed by atoms with van der Waals surface area (Å²) in [4.78, 5) is 4.56. The second-order valence-corrected chi connectivity index (χ2v) is 12.4. The van der Waals surface area contributed by atoms with E-state index in [2.05, 4.69) is 218 Å². The van der Waals surface area contributed by atoms with E-state index >= 15 is 0 Å². The van der Waals surface area contributed by atoms with E-state index in [-0.39, 0.29) is 0 Å². The number of anilines is 6. The summed E-state index contributed by atoms with van der Waals surface area (Å²) in [5.74, 6) is 0. The lowest BCUT2D eigenvalue weighted by atomic mass is 10.0. The molecule has 8 rings (SSSR count). The van der Waals surface area contributed by atoms with Crippen LogP contribution in [0.4, 0.5) is 34.1 Å². The third-order valence-corrected chi connectivity index (χ3v) is 8.52. The number of para-hydroxylation sites is 4. The lowest BCUT2D eigenvalue weighted by Crippen LogP contribution is -2.09. The second-order valence-electron chi connectivity index (χ2n) is 12.4. The number of hydrogen-bond acceptors (Lipinski definition) is 2. The molecule has 0 N–H and O–H groups in total. The SMILES string of the molecule is Cc1ccccc1.Cc1ccccc1.c1ccc(N(c2ccccc2)c2ccc(-c3ccc(N(c4ccccc4)c4ccccc4)cc3)cc2)cc1. The molecule has 52 heavy (non-hydrogen) atoms. The van der Waals surface area contributed by atoms with Gasteiger partial charge in [-0.25, -0.2) is 0 Å². The van der Waals surface area contributed by atoms with Crippen molar-refractivity contribution in [3.05, 3.63) is 242 Å². The molecule has 0 fully saturated rings. The molecule has 0 amide bonds. The Balaban J connectivity index is 0.000000275. The molecule has 8 aromatic carbocycles. The predicted molar refractivity (Wildman–Crippen MR) is 224 cm³/mol. The monoisotopic (exact) mass is 672 g/mol. The Hall–Kier alpha value is -6.64. The topological polar surface area (TPSA) is 6.48 Å². The van der Waals surface area contributed by atoms with Crippen molar-refractivity contribution in [3.63, 3.8) is 0 Å². The molecule has 2 heteroatoms. The lowest BCUT2D eigenvalue weighted by Gasteiger charge is -2.26. The summed E-state index contributed by atoms with van der Waals surface area (Å²) in [6.45, 7) is 4.17. The highest BCUT2D eigenvalue weighted by atomic mass is 15.1. The number of hydrogen-bond donors (Lipinski definition) is 0. The minimum absolute atomic E-state index is 1.13. The van der Waals surface area contributed by atoms with Crippen LogP contribution in [-0.2, 0) is 0 Å². The quantitative estimate of drug-likeness (QED) is 0.166. The largest absolute Gasteiger partial charge is 0.311 e. The highest BCUT2D eigenvalue weighted by Crippen LogP contribution is 2.37. The van der Waals surface area contributed by atoms with Gasteiger partial charge in [0.15, 0.2) is 0 Å². The first-order chi connectivity index (χ1) is 25.7. The highest BCUT2D eigenvalue weighted by Gasteiger charge is 2.14. The van der Waals surface area contributed by atoms with Gasteiger partial charge >= 0.3 is 0 Å². The molecule has 0 unspecified atom stereocenters. The molecule has 0 aromatic heterocycles. The summed E-state index contributed by atoms with van der Waals surface area (Å²) in [5, 5.41) is 0. The fourth-order valence-electron chi connectivity index (χ4n) is 5.88. The van der Waals surface area contributed by atoms with Crippen molar-refractivity contribution >= 4 is 34.1 Å². The van der Waals surface area contributed by atoms with Crippen LogP contribution in [0.3, 0.4) is 0 Å². The van der Waals surface area contributed by atoms with Gasteiger partial charge in [0, 0.05) is 34.1 Å². The Morgan fingerprint density at radius 1 is 0.212 bits per heavy atom. The molecule has 0 atom stereocenters. The Bertz CT molecular complexity index is 1910. The molecule has 0 aliphatic rings. The second kappa shape index (κ2) is 18.4. The Morgan fingerprint density at radius 3 is 0.596 bits per heavy atom. The first kappa shape index (κ1) is 35.2. The minimum Gasteiger partial charge on any atom is -0.311 e. The average Bonchev–Trinajstić information content (AvgIpc) is 3.21. The van der Waals surface area contributed by atoms with E-state index in [1.807, 2.05) is 36.4 Å². The van der Waals surface area contributed by atoms with Crippen molar-refractivity contribution in [2.24, 2.45) is 0 Å². The Labute approximate surface area is 309 Å². The fourth-order valence-corrected chi connectivity index (χ4v) is 5.88. The van der Waals surface area contributed by atoms with Crippen LogP contribution >= 0.6 is 0 Å². The van der Waals surface area contributed by atoms with E-state index in [0.717, 1.165) is 34.1 Å². The van der Waals surface area contributed by atoms with Gasteiger partial charge in [-0.1, -0.05) is 169 Å². The maximum Gasteiger partial charge on any atom is 0.0462 e. The van der Waals surface area contributed by atoms with Gasteiger partial charge in [0.25, 0.3) is 0 Å². The average molecular weight is 673 g/mol. The molecule has 0 bridgehead atoms. The summed E-state index contributed by atoms with van der Waals surface area (Å²) in [6.07, 6.45) is 0. The van der Waals surface area contributed by atoms with Gasteiger partial charge in [-0.2, -0.15) is 0 Å². The van der Waals surface area contributed by atoms with Crippen molar-refractivity contribution in [1.29, 1.82) is 0 Å². The van der Waals surface area contributed by atoms with E-state index in [0.29, 0.717) is 0 Å². The van der Waals surface area contributed by atoms with Gasteiger partial charge in [0.05, 0.1) is 0 Å². The number of aryl methyl sites for hydroxylation is 2. The molecule has 2 nitrogen and oxygen atoms in total. The van der Waals surface area contributed by atoms with Gasteiger partial charge in [0.1, 0.15) is 0 Å². The van der Waals surface area contributed by atoms with Crippen LogP contribution < -0.4 is 9.80 Å². The minimum atomic E-state index is 1.13. The van der Waals surface area contributed by atoms with Crippen LogP contribution in [0.15, 0.2) is 231 Å². The molecule has 0 saturated carbocycles. The van der Waals surface area contributed by atoms with E-state index < -0.39 is 0 Å². The maximum absolute atomic E-state index is 2.28. The zero-order valence-corrected chi connectivity index (χ0v) is 29.8. The van der Waals surface area contributed by atoms with Crippen molar-refractivity contribution in [2.45, 2.75) is 13.8 Å². The smallest absolute Gasteiger partial charge is 0.0462 e. The number of rotatable bonds is 7. The predicted octanol–water partition coefficient (Wildman–Crippen LogP) is 14.3. The van der Waals surface area contributed by atoms with E-state index in [4.69, 9.17) is 0 Å². The fraction of sp³-hybridized carbons (Fsp3) is 0.0400. The molecule has 254 valence electrons. The first-order valence-corrected chi connectivity index (χ1v) is 17.7. The van der Waals surface area contributed by atoms with Crippen LogP contribution in [0.5, 0.6) is 0 Å². The van der Waals surface area contributed by atoms with Gasteiger partial charge in [-0.3, -0.25) is 0 Å². The third-order valence-electron chi connectivity index (χ3n) is 8.52. The molecule has 8 aromatic rings. The molecule has 0 saturated heterocycles. The maximum atomic E-state index is 2.28. The summed E-state index contributed by atoms with van der Waals surface area (Å²) in [7, 11) is 0. The first-order valence-electron chi connectivity index (χ1n) is 17.7. The van der Waals surface area contributed by atoms with E-state index in [1.54, 1.807) is 0 Å². The van der Waals surface area contributed by atoms with Crippen LogP contribution in [0.25, 0.3) is 11.1 Å². The number of nitrogens with zero attached hydrogens (tertiary/aromatic N) is 2. The lowest BCUT2D eigenvalue weighted by molar-refractivity contribution is 1.28. The van der Waals surface area contributed by atoms with Crippen LogP contribution in [0.2, 0.25) is 0 Å². The van der Waals surface area contributed by atoms with Crippen LogP contribution in [0.1, 0.15) is 11.1 Å². The van der Waals surface area contributed by atoms with Gasteiger partial charge < -0.3 is 9.80 Å². The van der Waals surface area contributed by atoms with E-state index in [1.165, 1.54) is 22.3 Å². The highest BCUT2D eigenvalue weighted by molar-refractivity contribution is 5.80. The molecular weight excluding hydrogens is 629 g/mol. The summed E-state index contributed by atoms with van der Waals surface area (Å²) in [6, 6.07) is 80.1. The normalized spacial score (nSPS) is 10.1. The van der Waals surface area contributed by atoms with Crippen molar-refractivity contribution < 1.29 is 0 Å². The number of benzene rings is 8. The molecule has 0 spiro atoms. The van der Waals surface area contributed by atoms with Crippen molar-refractivity contribution in [1.82, 2.24) is 0 Å². The molecule has 0 radical (unpaired) electrons. The standard InChI is InChI=1S/C36H28N2.2C7H8/c1-5-13-31(14-6-1)37(32-15-7-2-8-16-32)35-25-21-29(22-26-35)30-23-27-36(28-24-30)38(33-17-9-3-10-18-33)34-19-11-4-12-20-34;2*1-7-5-3-2-4-6-7/h1-28H;2*2-6H,1H3. The summed E-state index contributed by atoms with van der Waals surface area (Å²) >= 11 is 0. The zero-order valence-electron chi connectivity index (χ0n) is 29.8. The molecule has 0 heterocycles. The van der Waals surface area contributed by atoms with Gasteiger partial charge in [0.2, 0.25) is 0 Å². The summed E-state index contributed by atoms with van der Waals surface area (Å²) in [5.41, 5.74) is 11.8. The van der Waals surface area contributed by atoms with Crippen LogP contribution in [-0.4, -0.2) is 0 Å². The third kappa shape index (κ3) is 9.74. The summed E-state index contributed by atoms with van der Waals surface area (Å²) < 4.78 is 0. The molecular formula is C50H44N2. The van der Waals surface area contributed by atoms with Crippen molar-refractivity contribution in [3.8, 4) is 11.1 Å². The van der Waals surface area contributed by atoms with E-state index in [9.17, 15) is 0 Å². The van der Waals surface area contributed by atoms with Crippen molar-refractivity contribution in [2.75, 3.05) is 9.80 Å².